The van der Waals surface area contributed by atoms with Crippen molar-refractivity contribution in [3.8, 4) is 0 Å². The summed E-state index contributed by atoms with van der Waals surface area (Å²) < 4.78 is 1.40. The highest BCUT2D eigenvalue weighted by Crippen LogP contribution is 2.11. The minimum absolute atomic E-state index is 0.0367. The fourth-order valence-corrected chi connectivity index (χ4v) is 0.955. The van der Waals surface area contributed by atoms with Crippen LogP contribution in [0.3, 0.4) is 0 Å². The van der Waals surface area contributed by atoms with E-state index in [9.17, 15) is 10.1 Å². The Morgan fingerprint density at radius 1 is 1.60 bits per heavy atom. The van der Waals surface area contributed by atoms with Gasteiger partial charge in [-0.3, -0.25) is 4.99 Å². The largest absolute Gasteiger partial charge is 0.358 e. The monoisotopic (exact) mass is 210 g/mol. The molecule has 0 amide bonds. The first kappa shape index (κ1) is 11.4. The van der Waals surface area contributed by atoms with Crippen molar-refractivity contribution in [1.82, 2.24) is 9.55 Å². The van der Waals surface area contributed by atoms with Gasteiger partial charge in [0.1, 0.15) is 6.20 Å². The maximum atomic E-state index is 10.5. The van der Waals surface area contributed by atoms with Crippen LogP contribution in [0.25, 0.3) is 0 Å². The molecule has 1 aromatic heterocycles. The van der Waals surface area contributed by atoms with E-state index in [2.05, 4.69) is 9.98 Å². The molecule has 1 heterocycles. The third kappa shape index (κ3) is 2.87. The normalized spacial score (nSPS) is 12.3. The number of nitro groups is 1. The van der Waals surface area contributed by atoms with E-state index in [1.165, 1.54) is 10.8 Å². The van der Waals surface area contributed by atoms with Crippen LogP contribution in [0.2, 0.25) is 0 Å². The summed E-state index contributed by atoms with van der Waals surface area (Å²) >= 11 is 0. The fourth-order valence-electron chi connectivity index (χ4n) is 0.955. The molecule has 82 valence electrons. The number of hydrogen-bond acceptors (Lipinski definition) is 4. The molecule has 0 atom stereocenters. The standard InChI is InChI=1S/C9H14N4O2/c1-9(2,3)11-5-7-10-6-8(12(7)4)13(14)15/h5-6H,1-4H3. The first-order valence-electron chi connectivity index (χ1n) is 4.52. The molecule has 0 spiro atoms. The van der Waals surface area contributed by atoms with Gasteiger partial charge >= 0.3 is 5.82 Å². The van der Waals surface area contributed by atoms with Crippen LogP contribution in [0.5, 0.6) is 0 Å². The maximum Gasteiger partial charge on any atom is 0.342 e. The molecule has 0 N–H and O–H groups in total. The average Bonchev–Trinajstić information content (AvgIpc) is 2.42. The summed E-state index contributed by atoms with van der Waals surface area (Å²) in [7, 11) is 1.59. The van der Waals surface area contributed by atoms with Gasteiger partial charge in [0, 0.05) is 0 Å². The average molecular weight is 210 g/mol. The van der Waals surface area contributed by atoms with Crippen LogP contribution in [-0.4, -0.2) is 26.2 Å². The van der Waals surface area contributed by atoms with Crippen LogP contribution in [0, 0.1) is 10.1 Å². The molecule has 0 aromatic carbocycles. The Morgan fingerprint density at radius 2 is 2.20 bits per heavy atom. The number of aliphatic imine (C=N–C) groups is 1. The molecule has 0 aliphatic heterocycles. The maximum absolute atomic E-state index is 10.5. The van der Waals surface area contributed by atoms with Crippen LogP contribution in [0.15, 0.2) is 11.2 Å². The third-order valence-corrected chi connectivity index (χ3v) is 1.75. The Morgan fingerprint density at radius 3 is 2.60 bits per heavy atom. The van der Waals surface area contributed by atoms with Gasteiger partial charge in [-0.1, -0.05) is 0 Å². The first-order valence-corrected chi connectivity index (χ1v) is 4.52. The molecule has 15 heavy (non-hydrogen) atoms. The molecular formula is C9H14N4O2. The van der Waals surface area contributed by atoms with Gasteiger partial charge in [-0.25, -0.2) is 9.55 Å². The SMILES string of the molecule is Cn1c([N+](=O)[O-])cnc1C=NC(C)(C)C. The molecule has 0 aliphatic rings. The molecule has 0 aliphatic carbocycles. The minimum atomic E-state index is -0.471. The molecule has 0 fully saturated rings. The van der Waals surface area contributed by atoms with Crippen molar-refractivity contribution >= 4 is 12.0 Å². The summed E-state index contributed by atoms with van der Waals surface area (Å²) in [5.74, 6) is 0.446. The Bertz CT molecular complexity index is 401. The second-order valence-corrected chi connectivity index (χ2v) is 4.22. The molecular weight excluding hydrogens is 196 g/mol. The van der Waals surface area contributed by atoms with Crippen LogP contribution < -0.4 is 0 Å². The van der Waals surface area contributed by atoms with E-state index in [4.69, 9.17) is 0 Å². The summed E-state index contributed by atoms with van der Waals surface area (Å²) in [4.78, 5) is 18.2. The zero-order valence-corrected chi connectivity index (χ0v) is 9.26. The molecule has 0 radical (unpaired) electrons. The summed E-state index contributed by atoms with van der Waals surface area (Å²) in [5, 5.41) is 10.5. The summed E-state index contributed by atoms with van der Waals surface area (Å²) in [5.41, 5.74) is -0.208. The van der Waals surface area contributed by atoms with Crippen LogP contribution in [0.4, 0.5) is 5.82 Å². The van der Waals surface area contributed by atoms with Crippen LogP contribution in [0.1, 0.15) is 26.6 Å². The van der Waals surface area contributed by atoms with Crippen molar-refractivity contribution in [3.63, 3.8) is 0 Å². The molecule has 1 aromatic rings. The Balaban J connectivity index is 2.98. The van der Waals surface area contributed by atoms with Gasteiger partial charge in [0.15, 0.2) is 0 Å². The van der Waals surface area contributed by atoms with E-state index >= 15 is 0 Å². The van der Waals surface area contributed by atoms with E-state index in [0.29, 0.717) is 5.82 Å². The third-order valence-electron chi connectivity index (χ3n) is 1.75. The lowest BCUT2D eigenvalue weighted by atomic mass is 10.1. The van der Waals surface area contributed by atoms with E-state index in [0.717, 1.165) is 0 Å². The predicted molar refractivity (Wildman–Crippen MR) is 57.2 cm³/mol. The number of imidazole rings is 1. The van der Waals surface area contributed by atoms with E-state index in [-0.39, 0.29) is 11.4 Å². The molecule has 6 heteroatoms. The highest BCUT2D eigenvalue weighted by molar-refractivity contribution is 5.75. The molecule has 0 unspecified atom stereocenters. The highest BCUT2D eigenvalue weighted by atomic mass is 16.6. The quantitative estimate of drug-likeness (QED) is 0.422. The van der Waals surface area contributed by atoms with Gasteiger partial charge in [0.2, 0.25) is 5.82 Å². The Hall–Kier alpha value is -1.72. The molecule has 0 bridgehead atoms. The zero-order valence-electron chi connectivity index (χ0n) is 9.26. The van der Waals surface area contributed by atoms with Crippen LogP contribution >= 0.6 is 0 Å². The number of nitrogens with zero attached hydrogens (tertiary/aromatic N) is 4. The van der Waals surface area contributed by atoms with Gasteiger partial charge < -0.3 is 10.1 Å². The molecule has 6 nitrogen and oxygen atoms in total. The molecule has 1 rings (SSSR count). The van der Waals surface area contributed by atoms with Crippen molar-refractivity contribution < 1.29 is 4.92 Å². The highest BCUT2D eigenvalue weighted by Gasteiger charge is 2.15. The van der Waals surface area contributed by atoms with Crippen molar-refractivity contribution in [2.75, 3.05) is 0 Å². The Labute approximate surface area is 87.8 Å². The van der Waals surface area contributed by atoms with Gasteiger partial charge in [0.05, 0.1) is 18.8 Å². The van der Waals surface area contributed by atoms with Crippen molar-refractivity contribution in [2.24, 2.45) is 12.0 Å². The first-order chi connectivity index (χ1) is 6.81. The van der Waals surface area contributed by atoms with Crippen LogP contribution in [-0.2, 0) is 7.05 Å². The lowest BCUT2D eigenvalue weighted by molar-refractivity contribution is -0.391. The second kappa shape index (κ2) is 3.80. The number of aromatic nitrogens is 2. The second-order valence-electron chi connectivity index (χ2n) is 4.22. The van der Waals surface area contributed by atoms with E-state index in [1.54, 1.807) is 13.3 Å². The van der Waals surface area contributed by atoms with Gasteiger partial charge in [0.25, 0.3) is 0 Å². The Kier molecular flexibility index (Phi) is 2.88. The predicted octanol–water partition coefficient (Wildman–Crippen LogP) is 1.55. The van der Waals surface area contributed by atoms with E-state index in [1.807, 2.05) is 20.8 Å². The minimum Gasteiger partial charge on any atom is -0.358 e. The van der Waals surface area contributed by atoms with Crippen molar-refractivity contribution in [2.45, 2.75) is 26.3 Å². The molecule has 0 saturated carbocycles. The van der Waals surface area contributed by atoms with Gasteiger partial charge in [-0.15, -0.1) is 0 Å². The van der Waals surface area contributed by atoms with Gasteiger partial charge in [-0.2, -0.15) is 0 Å². The van der Waals surface area contributed by atoms with Crippen molar-refractivity contribution in [1.29, 1.82) is 0 Å². The lowest BCUT2D eigenvalue weighted by Crippen LogP contribution is -2.11. The lowest BCUT2D eigenvalue weighted by Gasteiger charge is -2.09. The topological polar surface area (TPSA) is 73.3 Å². The fraction of sp³-hybridized carbons (Fsp3) is 0.556. The zero-order chi connectivity index (χ0) is 11.6. The van der Waals surface area contributed by atoms with E-state index < -0.39 is 4.92 Å². The van der Waals surface area contributed by atoms with Gasteiger partial charge in [-0.05, 0) is 25.7 Å². The summed E-state index contributed by atoms with van der Waals surface area (Å²) in [6.45, 7) is 5.84. The number of rotatable bonds is 2. The smallest absolute Gasteiger partial charge is 0.342 e. The molecule has 0 saturated heterocycles. The summed E-state index contributed by atoms with van der Waals surface area (Å²) in [6.07, 6.45) is 2.77. The number of hydrogen-bond donors (Lipinski definition) is 0. The van der Waals surface area contributed by atoms with Crippen molar-refractivity contribution in [3.05, 3.63) is 22.1 Å². The summed E-state index contributed by atoms with van der Waals surface area (Å²) in [6, 6.07) is 0.